The van der Waals surface area contributed by atoms with Crippen molar-refractivity contribution in [2.24, 2.45) is 0 Å². The van der Waals surface area contributed by atoms with Crippen LogP contribution >= 0.6 is 0 Å². The molecule has 0 aliphatic carbocycles. The predicted octanol–water partition coefficient (Wildman–Crippen LogP) is 3.60. The molecule has 0 unspecified atom stereocenters. The third kappa shape index (κ3) is 5.24. The lowest BCUT2D eigenvalue weighted by Gasteiger charge is -2.32. The average Bonchev–Trinajstić information content (AvgIpc) is 3.33. The van der Waals surface area contributed by atoms with Crippen LogP contribution < -0.4 is 4.74 Å². The van der Waals surface area contributed by atoms with E-state index < -0.39 is 9.84 Å². The molecule has 1 aliphatic heterocycles. The molecule has 0 spiro atoms. The number of rotatable bonds is 5. The number of hydrogen-bond donors (Lipinski definition) is 0. The molecule has 0 atom stereocenters. The number of likely N-dealkylation sites (tertiary alicyclic amines) is 1. The van der Waals surface area contributed by atoms with Crippen LogP contribution in [-0.2, 0) is 15.3 Å². The molecule has 0 N–H and O–H groups in total. The third-order valence-electron chi connectivity index (χ3n) is 6.63. The molecule has 38 heavy (non-hydrogen) atoms. The lowest BCUT2D eigenvalue weighted by molar-refractivity contribution is 0.0590. The fourth-order valence-corrected chi connectivity index (χ4v) is 5.05. The monoisotopic (exact) mass is 534 g/mol. The first-order valence-corrected chi connectivity index (χ1v) is 14.3. The molecule has 1 aliphatic rings. The van der Waals surface area contributed by atoms with Crippen molar-refractivity contribution in [1.29, 1.82) is 0 Å². The number of carbonyl (C=O) groups excluding carboxylic acids is 1. The summed E-state index contributed by atoms with van der Waals surface area (Å²) in [5.41, 5.74) is 2.71. The molecule has 1 aromatic carbocycles. The number of nitrogens with zero attached hydrogens (tertiary/aromatic N) is 6. The molecular formula is C27H30N6O4S. The summed E-state index contributed by atoms with van der Waals surface area (Å²) < 4.78 is 31.4. The molecule has 198 valence electrons. The minimum Gasteiger partial charge on any atom is -0.474 e. The van der Waals surface area contributed by atoms with Gasteiger partial charge in [-0.2, -0.15) is 5.10 Å². The van der Waals surface area contributed by atoms with E-state index in [9.17, 15) is 13.2 Å². The van der Waals surface area contributed by atoms with Gasteiger partial charge in [-0.15, -0.1) is 0 Å². The molecule has 10 nitrogen and oxygen atoms in total. The summed E-state index contributed by atoms with van der Waals surface area (Å²) in [7, 11) is -3.29. The maximum absolute atomic E-state index is 13.0. The van der Waals surface area contributed by atoms with Gasteiger partial charge in [-0.3, -0.25) is 9.78 Å². The second kappa shape index (κ2) is 9.79. The average molecular weight is 535 g/mol. The molecule has 0 radical (unpaired) electrons. The zero-order chi connectivity index (χ0) is 27.1. The molecule has 5 rings (SSSR count). The Hall–Kier alpha value is -3.86. The van der Waals surface area contributed by atoms with Crippen LogP contribution in [0, 0.1) is 0 Å². The van der Waals surface area contributed by atoms with E-state index in [-0.39, 0.29) is 22.3 Å². The molecule has 3 aromatic heterocycles. The Morgan fingerprint density at radius 2 is 1.68 bits per heavy atom. The number of aromatic nitrogens is 5. The summed E-state index contributed by atoms with van der Waals surface area (Å²) in [6, 6.07) is 10.2. The molecule has 4 heterocycles. The summed E-state index contributed by atoms with van der Waals surface area (Å²) in [4.78, 5) is 28.2. The van der Waals surface area contributed by atoms with Gasteiger partial charge in [-0.1, -0.05) is 20.8 Å². The van der Waals surface area contributed by atoms with Gasteiger partial charge >= 0.3 is 0 Å². The van der Waals surface area contributed by atoms with Crippen molar-refractivity contribution in [3.8, 4) is 11.6 Å². The van der Waals surface area contributed by atoms with Crippen molar-refractivity contribution in [1.82, 2.24) is 29.6 Å². The van der Waals surface area contributed by atoms with Gasteiger partial charge in [0.25, 0.3) is 5.91 Å². The molecule has 1 fully saturated rings. The minimum atomic E-state index is -3.29. The number of ether oxygens (including phenoxy) is 1. The van der Waals surface area contributed by atoms with Gasteiger partial charge in [0.15, 0.2) is 15.5 Å². The highest BCUT2D eigenvalue weighted by Gasteiger charge is 2.26. The van der Waals surface area contributed by atoms with Crippen LogP contribution in [0.1, 0.15) is 49.7 Å². The number of pyridine rings is 1. The molecule has 0 bridgehead atoms. The van der Waals surface area contributed by atoms with E-state index in [0.717, 1.165) is 5.69 Å². The molecule has 11 heteroatoms. The second-order valence-electron chi connectivity index (χ2n) is 10.5. The molecule has 1 amide bonds. The Morgan fingerprint density at radius 1 is 0.974 bits per heavy atom. The normalized spacial score (nSPS) is 15.1. The number of piperidine rings is 1. The van der Waals surface area contributed by atoms with E-state index in [1.165, 1.54) is 12.6 Å². The van der Waals surface area contributed by atoms with Gasteiger partial charge in [-0.25, -0.2) is 23.1 Å². The van der Waals surface area contributed by atoms with Crippen LogP contribution in [-0.4, -0.2) is 69.4 Å². The number of hydrogen-bond acceptors (Lipinski definition) is 8. The predicted molar refractivity (Wildman–Crippen MR) is 142 cm³/mol. The van der Waals surface area contributed by atoms with Crippen LogP contribution in [0.4, 0.5) is 0 Å². The topological polar surface area (TPSA) is 120 Å². The summed E-state index contributed by atoms with van der Waals surface area (Å²) in [5, 5.41) is 5.08. The summed E-state index contributed by atoms with van der Waals surface area (Å²) in [6.07, 6.45) is 7.14. The summed E-state index contributed by atoms with van der Waals surface area (Å²) in [5.74, 6) is 0.407. The molecular weight excluding hydrogens is 504 g/mol. The first-order chi connectivity index (χ1) is 18.0. The Morgan fingerprint density at radius 3 is 2.29 bits per heavy atom. The van der Waals surface area contributed by atoms with E-state index >= 15 is 0 Å². The minimum absolute atomic E-state index is 0.0241. The summed E-state index contributed by atoms with van der Waals surface area (Å²) in [6.45, 7) is 7.43. The summed E-state index contributed by atoms with van der Waals surface area (Å²) >= 11 is 0. The van der Waals surface area contributed by atoms with Gasteiger partial charge in [0.2, 0.25) is 5.88 Å². The largest absolute Gasteiger partial charge is 0.474 e. The molecule has 4 aromatic rings. The van der Waals surface area contributed by atoms with Gasteiger partial charge < -0.3 is 9.64 Å². The van der Waals surface area contributed by atoms with E-state index in [2.05, 4.69) is 40.8 Å². The van der Waals surface area contributed by atoms with E-state index in [0.29, 0.717) is 54.1 Å². The van der Waals surface area contributed by atoms with E-state index in [1.54, 1.807) is 41.3 Å². The first kappa shape index (κ1) is 25.8. The van der Waals surface area contributed by atoms with E-state index in [4.69, 9.17) is 4.74 Å². The number of benzene rings is 1. The maximum atomic E-state index is 13.0. The lowest BCUT2D eigenvalue weighted by atomic mass is 9.91. The van der Waals surface area contributed by atoms with Gasteiger partial charge in [0.05, 0.1) is 22.3 Å². The first-order valence-electron chi connectivity index (χ1n) is 12.4. The van der Waals surface area contributed by atoms with E-state index in [1.807, 2.05) is 17.0 Å². The zero-order valence-electron chi connectivity index (χ0n) is 21.8. The van der Waals surface area contributed by atoms with Crippen LogP contribution in [0.3, 0.4) is 0 Å². The number of amides is 1. The smallest absolute Gasteiger partial charge is 0.255 e. The van der Waals surface area contributed by atoms with Crippen LogP contribution in [0.15, 0.2) is 60.0 Å². The number of sulfone groups is 1. The Balaban J connectivity index is 1.26. The standard InChI is InChI=1S/C27H30N6O4S/c1-27(2,3)23-10-5-18(15-28-23)26(34)32-13-11-20(12-14-32)37-25-22-16-31-33(24(22)29-17-30-25)19-6-8-21(9-7-19)38(4,35)36/h5-10,15-17,20H,11-14H2,1-4H3. The third-order valence-corrected chi connectivity index (χ3v) is 7.75. The van der Waals surface area contributed by atoms with Crippen LogP contribution in [0.5, 0.6) is 5.88 Å². The van der Waals surface area contributed by atoms with Crippen molar-refractivity contribution in [2.75, 3.05) is 19.3 Å². The van der Waals surface area contributed by atoms with Gasteiger partial charge in [0.1, 0.15) is 17.8 Å². The van der Waals surface area contributed by atoms with Crippen molar-refractivity contribution in [2.45, 2.75) is 50.0 Å². The maximum Gasteiger partial charge on any atom is 0.255 e. The SMILES string of the molecule is CC(C)(C)c1ccc(C(=O)N2CCC(Oc3ncnc4c3cnn4-c3ccc(S(C)(=O)=O)cc3)CC2)cn1. The van der Waals surface area contributed by atoms with Crippen molar-refractivity contribution < 1.29 is 17.9 Å². The quantitative estimate of drug-likeness (QED) is 0.381. The Labute approximate surface area is 221 Å². The van der Waals surface area contributed by atoms with Crippen molar-refractivity contribution >= 4 is 26.8 Å². The highest BCUT2D eigenvalue weighted by Crippen LogP contribution is 2.27. The Bertz CT molecular complexity index is 1570. The fraction of sp³-hybridized carbons (Fsp3) is 0.370. The van der Waals surface area contributed by atoms with Crippen LogP contribution in [0.25, 0.3) is 16.7 Å². The number of fused-ring (bicyclic) bond motifs is 1. The van der Waals surface area contributed by atoms with Gasteiger partial charge in [0, 0.05) is 49.5 Å². The van der Waals surface area contributed by atoms with Crippen LogP contribution in [0.2, 0.25) is 0 Å². The highest BCUT2D eigenvalue weighted by atomic mass is 32.2. The second-order valence-corrected chi connectivity index (χ2v) is 12.5. The molecule has 1 saturated heterocycles. The van der Waals surface area contributed by atoms with Crippen molar-refractivity contribution in [3.05, 3.63) is 66.4 Å². The fourth-order valence-electron chi connectivity index (χ4n) is 4.42. The molecule has 0 saturated carbocycles. The Kier molecular flexibility index (Phi) is 6.64. The number of carbonyl (C=O) groups is 1. The highest BCUT2D eigenvalue weighted by molar-refractivity contribution is 7.90. The zero-order valence-corrected chi connectivity index (χ0v) is 22.6. The lowest BCUT2D eigenvalue weighted by Crippen LogP contribution is -2.42. The van der Waals surface area contributed by atoms with Gasteiger partial charge in [-0.05, 0) is 36.4 Å². The van der Waals surface area contributed by atoms with Crippen molar-refractivity contribution in [3.63, 3.8) is 0 Å².